The van der Waals surface area contributed by atoms with E-state index in [1.54, 1.807) is 10.6 Å². The summed E-state index contributed by atoms with van der Waals surface area (Å²) in [7, 11) is 1.43. The molecule has 21 heavy (non-hydrogen) atoms. The van der Waals surface area contributed by atoms with Crippen LogP contribution >= 0.6 is 15.9 Å². The summed E-state index contributed by atoms with van der Waals surface area (Å²) in [5.74, 6) is -0.00767. The van der Waals surface area contributed by atoms with Crippen molar-refractivity contribution < 1.29 is 9.13 Å². The minimum absolute atomic E-state index is 0.159. The number of aromatic nitrogens is 2. The number of nitrogen functional groups attached to an aromatic ring is 1. The fourth-order valence-electron chi connectivity index (χ4n) is 2.30. The first-order valence-corrected chi connectivity index (χ1v) is 7.08. The summed E-state index contributed by atoms with van der Waals surface area (Å²) in [6.45, 7) is 2.00. The van der Waals surface area contributed by atoms with Crippen molar-refractivity contribution >= 4 is 32.9 Å². The third kappa shape index (κ3) is 2.25. The van der Waals surface area contributed by atoms with Gasteiger partial charge in [-0.25, -0.2) is 9.37 Å². The molecule has 3 rings (SSSR count). The van der Waals surface area contributed by atoms with Gasteiger partial charge in [0.1, 0.15) is 0 Å². The van der Waals surface area contributed by atoms with Gasteiger partial charge in [-0.3, -0.25) is 4.57 Å². The van der Waals surface area contributed by atoms with Crippen molar-refractivity contribution in [1.29, 1.82) is 0 Å². The van der Waals surface area contributed by atoms with Crippen LogP contribution in [0, 0.1) is 12.7 Å². The van der Waals surface area contributed by atoms with Crippen LogP contribution in [0.2, 0.25) is 0 Å². The molecule has 0 aliphatic heterocycles. The fraction of sp³-hybridized carbons (Fsp3) is 0.133. The molecule has 0 bridgehead atoms. The third-order valence-corrected chi connectivity index (χ3v) is 3.93. The maximum atomic E-state index is 13.8. The van der Waals surface area contributed by atoms with Crippen molar-refractivity contribution in [2.24, 2.45) is 0 Å². The predicted molar refractivity (Wildman–Crippen MR) is 84.4 cm³/mol. The molecule has 0 saturated carbocycles. The van der Waals surface area contributed by atoms with Gasteiger partial charge in [0.05, 0.1) is 23.8 Å². The van der Waals surface area contributed by atoms with Gasteiger partial charge in [-0.05, 0) is 40.5 Å². The average molecular weight is 350 g/mol. The first-order valence-electron chi connectivity index (χ1n) is 6.29. The van der Waals surface area contributed by atoms with Crippen molar-refractivity contribution in [3.8, 4) is 11.4 Å². The average Bonchev–Trinajstić information content (AvgIpc) is 2.73. The Bertz CT molecular complexity index is 845. The zero-order valence-electron chi connectivity index (χ0n) is 11.5. The van der Waals surface area contributed by atoms with E-state index in [0.29, 0.717) is 17.0 Å². The predicted octanol–water partition coefficient (Wildman–Crippen LogP) is 3.83. The van der Waals surface area contributed by atoms with Gasteiger partial charge in [-0.15, -0.1) is 0 Å². The molecule has 0 amide bonds. The Kier molecular flexibility index (Phi) is 3.33. The number of methoxy groups -OCH3 is 1. The van der Waals surface area contributed by atoms with Crippen LogP contribution in [0.15, 0.2) is 34.8 Å². The highest BCUT2D eigenvalue weighted by molar-refractivity contribution is 9.10. The van der Waals surface area contributed by atoms with Crippen LogP contribution in [0.1, 0.15) is 5.56 Å². The largest absolute Gasteiger partial charge is 0.494 e. The molecule has 1 heterocycles. The van der Waals surface area contributed by atoms with Crippen molar-refractivity contribution in [2.45, 2.75) is 6.92 Å². The van der Waals surface area contributed by atoms with E-state index in [9.17, 15) is 4.39 Å². The van der Waals surface area contributed by atoms with Crippen LogP contribution < -0.4 is 10.5 Å². The number of nitrogens with zero attached hydrogens (tertiary/aromatic N) is 2. The highest BCUT2D eigenvalue weighted by atomic mass is 79.9. The number of hydrogen-bond donors (Lipinski definition) is 1. The van der Waals surface area contributed by atoms with Crippen molar-refractivity contribution in [2.75, 3.05) is 12.8 Å². The Morgan fingerprint density at radius 2 is 2.05 bits per heavy atom. The van der Waals surface area contributed by atoms with E-state index in [-0.39, 0.29) is 5.75 Å². The molecule has 1 aromatic heterocycles. The lowest BCUT2D eigenvalue weighted by molar-refractivity contribution is 0.387. The SMILES string of the molecule is COc1cc2c(cc1F)nc(N)n2-c1ccc(C)cc1Br. The number of nitrogens with two attached hydrogens (primary N) is 1. The van der Waals surface area contributed by atoms with Gasteiger partial charge in [-0.2, -0.15) is 0 Å². The molecule has 2 aromatic carbocycles. The zero-order valence-corrected chi connectivity index (χ0v) is 13.1. The Morgan fingerprint density at radius 3 is 2.71 bits per heavy atom. The first-order chi connectivity index (χ1) is 10.0. The smallest absolute Gasteiger partial charge is 0.205 e. The van der Waals surface area contributed by atoms with Crippen LogP contribution in [-0.2, 0) is 0 Å². The van der Waals surface area contributed by atoms with E-state index in [1.165, 1.54) is 13.2 Å². The van der Waals surface area contributed by atoms with Crippen LogP contribution in [0.25, 0.3) is 16.7 Å². The molecule has 3 aromatic rings. The second kappa shape index (κ2) is 5.04. The van der Waals surface area contributed by atoms with Crippen LogP contribution in [-0.4, -0.2) is 16.7 Å². The lowest BCUT2D eigenvalue weighted by atomic mass is 10.2. The number of rotatable bonds is 2. The van der Waals surface area contributed by atoms with Crippen LogP contribution in [0.5, 0.6) is 5.75 Å². The van der Waals surface area contributed by atoms with Gasteiger partial charge < -0.3 is 10.5 Å². The van der Waals surface area contributed by atoms with Crippen molar-refractivity contribution in [1.82, 2.24) is 9.55 Å². The molecule has 108 valence electrons. The molecule has 0 saturated heterocycles. The van der Waals surface area contributed by atoms with E-state index >= 15 is 0 Å². The first kappa shape index (κ1) is 13.9. The van der Waals surface area contributed by atoms with Gasteiger partial charge >= 0.3 is 0 Å². The number of ether oxygens (including phenoxy) is 1. The Hall–Kier alpha value is -2.08. The summed E-state index contributed by atoms with van der Waals surface area (Å²) >= 11 is 3.53. The lowest BCUT2D eigenvalue weighted by Gasteiger charge is -2.10. The van der Waals surface area contributed by atoms with E-state index in [2.05, 4.69) is 20.9 Å². The molecular formula is C15H13BrFN3O. The molecule has 0 atom stereocenters. The summed E-state index contributed by atoms with van der Waals surface area (Å²) in [5.41, 5.74) is 9.14. The maximum Gasteiger partial charge on any atom is 0.205 e. The summed E-state index contributed by atoms with van der Waals surface area (Å²) in [6, 6.07) is 8.82. The van der Waals surface area contributed by atoms with E-state index < -0.39 is 5.82 Å². The zero-order chi connectivity index (χ0) is 15.1. The number of imidazole rings is 1. The van der Waals surface area contributed by atoms with Crippen LogP contribution in [0.4, 0.5) is 10.3 Å². The molecule has 0 radical (unpaired) electrons. The number of benzene rings is 2. The van der Waals surface area contributed by atoms with Gasteiger partial charge in [-0.1, -0.05) is 6.07 Å². The monoisotopic (exact) mass is 349 g/mol. The number of aryl methyl sites for hydroxylation is 1. The van der Waals surface area contributed by atoms with E-state index in [4.69, 9.17) is 10.5 Å². The molecule has 0 fully saturated rings. The molecular weight excluding hydrogens is 337 g/mol. The second-order valence-electron chi connectivity index (χ2n) is 4.74. The Morgan fingerprint density at radius 1 is 1.29 bits per heavy atom. The highest BCUT2D eigenvalue weighted by Crippen LogP contribution is 2.32. The topological polar surface area (TPSA) is 53.1 Å². The summed E-state index contributed by atoms with van der Waals surface area (Å²) in [6.07, 6.45) is 0. The summed E-state index contributed by atoms with van der Waals surface area (Å²) in [4.78, 5) is 4.21. The molecule has 6 heteroatoms. The molecule has 4 nitrogen and oxygen atoms in total. The quantitative estimate of drug-likeness (QED) is 0.764. The Balaban J connectivity index is 2.33. The molecule has 0 aliphatic carbocycles. The van der Waals surface area contributed by atoms with Gasteiger partial charge in [0.2, 0.25) is 5.95 Å². The van der Waals surface area contributed by atoms with E-state index in [1.807, 2.05) is 25.1 Å². The summed E-state index contributed by atoms with van der Waals surface area (Å²) < 4.78 is 21.5. The summed E-state index contributed by atoms with van der Waals surface area (Å²) in [5, 5.41) is 0. The third-order valence-electron chi connectivity index (χ3n) is 3.30. The molecule has 0 spiro atoms. The minimum Gasteiger partial charge on any atom is -0.494 e. The number of hydrogen-bond acceptors (Lipinski definition) is 3. The maximum absolute atomic E-state index is 13.8. The Labute approximate surface area is 129 Å². The van der Waals surface area contributed by atoms with Gasteiger partial charge in [0, 0.05) is 16.6 Å². The van der Waals surface area contributed by atoms with E-state index in [0.717, 1.165) is 15.7 Å². The van der Waals surface area contributed by atoms with Gasteiger partial charge in [0.15, 0.2) is 11.6 Å². The molecule has 2 N–H and O–H groups in total. The van der Waals surface area contributed by atoms with Crippen molar-refractivity contribution in [3.63, 3.8) is 0 Å². The fourth-order valence-corrected chi connectivity index (χ4v) is 2.97. The van der Waals surface area contributed by atoms with Crippen molar-refractivity contribution in [3.05, 3.63) is 46.2 Å². The van der Waals surface area contributed by atoms with Gasteiger partial charge in [0.25, 0.3) is 0 Å². The highest BCUT2D eigenvalue weighted by Gasteiger charge is 2.15. The molecule has 0 aliphatic rings. The normalized spacial score (nSPS) is 11.0. The lowest BCUT2D eigenvalue weighted by Crippen LogP contribution is -2.01. The number of fused-ring (bicyclic) bond motifs is 1. The number of halogens is 2. The second-order valence-corrected chi connectivity index (χ2v) is 5.59. The minimum atomic E-state index is -0.461. The number of anilines is 1. The standard InChI is InChI=1S/C15H13BrFN3O/c1-8-3-4-12(9(16)5-8)20-13-7-14(21-2)10(17)6-11(13)19-15(20)18/h3-7H,1-2H3,(H2,18,19). The molecule has 0 unspecified atom stereocenters. The van der Waals surface area contributed by atoms with Crippen LogP contribution in [0.3, 0.4) is 0 Å².